The summed E-state index contributed by atoms with van der Waals surface area (Å²) in [7, 11) is 0. The fourth-order valence-electron chi connectivity index (χ4n) is 4.56. The maximum absolute atomic E-state index is 11.7. The van der Waals surface area contributed by atoms with E-state index in [9.17, 15) is 4.79 Å². The van der Waals surface area contributed by atoms with Crippen molar-refractivity contribution in [2.45, 2.75) is 32.7 Å². The minimum Gasteiger partial charge on any atom is -0.343 e. The number of nitrogens with one attached hydrogen (secondary N) is 2. The van der Waals surface area contributed by atoms with Crippen LogP contribution in [0.5, 0.6) is 0 Å². The number of aromatic nitrogens is 2. The molecule has 3 aromatic carbocycles. The van der Waals surface area contributed by atoms with Crippen molar-refractivity contribution in [3.8, 4) is 22.5 Å². The van der Waals surface area contributed by atoms with E-state index in [4.69, 9.17) is 4.98 Å². The van der Waals surface area contributed by atoms with Crippen LogP contribution in [0.15, 0.2) is 66.7 Å². The van der Waals surface area contributed by atoms with Crippen molar-refractivity contribution >= 4 is 16.9 Å². The molecule has 1 aliphatic heterocycles. The standard InChI is InChI=1S/C28H30N4O/c1-20-6-2-9-25-27(20)31-28(30-25)23-13-11-22(12-14-23)24-8-3-7-21(18-24)19-29-15-5-17-32-16-4-10-26(32)33/h2-3,6-9,11-14,18,29H,4-5,10,15-17,19H2,1H3,(H,30,31). The zero-order valence-corrected chi connectivity index (χ0v) is 19.1. The number of aromatic amines is 1. The average molecular weight is 439 g/mol. The molecule has 4 aromatic rings. The molecule has 2 heterocycles. The van der Waals surface area contributed by atoms with Gasteiger partial charge in [0.05, 0.1) is 11.0 Å². The van der Waals surface area contributed by atoms with Crippen LogP contribution in [0.4, 0.5) is 0 Å². The van der Waals surface area contributed by atoms with Crippen molar-refractivity contribution < 1.29 is 4.79 Å². The first kappa shape index (κ1) is 21.4. The summed E-state index contributed by atoms with van der Waals surface area (Å²) >= 11 is 0. The van der Waals surface area contributed by atoms with Gasteiger partial charge in [0.2, 0.25) is 5.91 Å². The number of nitrogens with zero attached hydrogens (tertiary/aromatic N) is 2. The Morgan fingerprint density at radius 2 is 1.82 bits per heavy atom. The number of fused-ring (bicyclic) bond motifs is 1. The molecule has 0 unspecified atom stereocenters. The van der Waals surface area contributed by atoms with Crippen LogP contribution in [0.1, 0.15) is 30.4 Å². The number of aryl methyl sites for hydroxylation is 1. The van der Waals surface area contributed by atoms with Crippen LogP contribution in [0, 0.1) is 6.92 Å². The lowest BCUT2D eigenvalue weighted by Crippen LogP contribution is -2.28. The third-order valence-electron chi connectivity index (χ3n) is 6.42. The molecule has 0 saturated carbocycles. The van der Waals surface area contributed by atoms with Gasteiger partial charge in [0, 0.05) is 31.6 Å². The smallest absolute Gasteiger partial charge is 0.222 e. The zero-order valence-electron chi connectivity index (χ0n) is 19.1. The Morgan fingerprint density at radius 3 is 2.61 bits per heavy atom. The zero-order chi connectivity index (χ0) is 22.6. The Bertz CT molecular complexity index is 1260. The second-order valence-corrected chi connectivity index (χ2v) is 8.85. The summed E-state index contributed by atoms with van der Waals surface area (Å²) in [5.74, 6) is 1.21. The molecule has 5 nitrogen and oxygen atoms in total. The Hall–Kier alpha value is -3.44. The van der Waals surface area contributed by atoms with Gasteiger partial charge < -0.3 is 15.2 Å². The largest absolute Gasteiger partial charge is 0.343 e. The molecule has 1 fully saturated rings. The number of H-pyrrole nitrogens is 1. The summed E-state index contributed by atoms with van der Waals surface area (Å²) < 4.78 is 0. The second kappa shape index (κ2) is 9.59. The molecule has 1 aliphatic rings. The molecule has 5 rings (SSSR count). The van der Waals surface area contributed by atoms with E-state index in [1.807, 2.05) is 4.90 Å². The van der Waals surface area contributed by atoms with E-state index in [1.54, 1.807) is 0 Å². The molecule has 5 heteroatoms. The average Bonchev–Trinajstić information content (AvgIpc) is 3.46. The van der Waals surface area contributed by atoms with Crippen LogP contribution in [-0.4, -0.2) is 40.4 Å². The summed E-state index contributed by atoms with van der Waals surface area (Å²) in [4.78, 5) is 21.9. The highest BCUT2D eigenvalue weighted by Crippen LogP contribution is 2.26. The number of carbonyl (C=O) groups is 1. The van der Waals surface area contributed by atoms with Crippen LogP contribution >= 0.6 is 0 Å². The van der Waals surface area contributed by atoms with Crippen LogP contribution in [0.25, 0.3) is 33.5 Å². The number of hydrogen-bond acceptors (Lipinski definition) is 3. The molecule has 0 radical (unpaired) electrons. The first-order chi connectivity index (χ1) is 16.2. The normalized spacial score (nSPS) is 13.8. The minimum atomic E-state index is 0.309. The molecule has 33 heavy (non-hydrogen) atoms. The summed E-state index contributed by atoms with van der Waals surface area (Å²) in [5, 5.41) is 3.52. The second-order valence-electron chi connectivity index (χ2n) is 8.85. The van der Waals surface area contributed by atoms with E-state index in [1.165, 1.54) is 22.3 Å². The van der Waals surface area contributed by atoms with Crippen LogP contribution in [0.3, 0.4) is 0 Å². The van der Waals surface area contributed by atoms with Crippen LogP contribution < -0.4 is 5.32 Å². The van der Waals surface area contributed by atoms with Crippen molar-refractivity contribution in [2.24, 2.45) is 0 Å². The highest BCUT2D eigenvalue weighted by atomic mass is 16.2. The number of rotatable bonds is 8. The molecule has 2 N–H and O–H groups in total. The van der Waals surface area contributed by atoms with E-state index in [-0.39, 0.29) is 0 Å². The fraction of sp³-hybridized carbons (Fsp3) is 0.286. The van der Waals surface area contributed by atoms with Gasteiger partial charge in [-0.15, -0.1) is 0 Å². The Morgan fingerprint density at radius 1 is 1.00 bits per heavy atom. The van der Waals surface area contributed by atoms with Gasteiger partial charge in [0.1, 0.15) is 5.82 Å². The number of hydrogen-bond donors (Lipinski definition) is 2. The maximum atomic E-state index is 11.7. The predicted octanol–water partition coefficient (Wildman–Crippen LogP) is 5.31. The highest BCUT2D eigenvalue weighted by Gasteiger charge is 2.18. The van der Waals surface area contributed by atoms with Crippen LogP contribution in [-0.2, 0) is 11.3 Å². The Kier molecular flexibility index (Phi) is 6.22. The van der Waals surface area contributed by atoms with Crippen LogP contribution in [0.2, 0.25) is 0 Å². The SMILES string of the molecule is Cc1cccc2[nH]c(-c3ccc(-c4cccc(CNCCCN5CCCC5=O)c4)cc3)nc12. The van der Waals surface area contributed by atoms with Crippen molar-refractivity contribution in [3.63, 3.8) is 0 Å². The third-order valence-corrected chi connectivity index (χ3v) is 6.42. The lowest BCUT2D eigenvalue weighted by Gasteiger charge is -2.15. The summed E-state index contributed by atoms with van der Waals surface area (Å²) in [6.45, 7) is 5.63. The number of likely N-dealkylation sites (tertiary alicyclic amines) is 1. The van der Waals surface area contributed by atoms with Gasteiger partial charge >= 0.3 is 0 Å². The molecule has 0 aliphatic carbocycles. The molecule has 0 bridgehead atoms. The molecule has 1 saturated heterocycles. The monoisotopic (exact) mass is 438 g/mol. The maximum Gasteiger partial charge on any atom is 0.222 e. The Labute approximate surface area is 194 Å². The molecule has 0 atom stereocenters. The fourth-order valence-corrected chi connectivity index (χ4v) is 4.56. The molecule has 1 aromatic heterocycles. The Balaban J connectivity index is 1.20. The van der Waals surface area contributed by atoms with Crippen molar-refractivity contribution in [2.75, 3.05) is 19.6 Å². The number of para-hydroxylation sites is 1. The van der Waals surface area contributed by atoms with Gasteiger partial charge in [-0.2, -0.15) is 0 Å². The molecular weight excluding hydrogens is 408 g/mol. The number of amides is 1. The van der Waals surface area contributed by atoms with E-state index >= 15 is 0 Å². The van der Waals surface area contributed by atoms with Crippen molar-refractivity contribution in [1.82, 2.24) is 20.2 Å². The van der Waals surface area contributed by atoms with Gasteiger partial charge in [0.15, 0.2) is 0 Å². The van der Waals surface area contributed by atoms with Crippen molar-refractivity contribution in [3.05, 3.63) is 77.9 Å². The number of benzene rings is 3. The highest BCUT2D eigenvalue weighted by molar-refractivity contribution is 5.82. The predicted molar refractivity (Wildman–Crippen MR) is 134 cm³/mol. The summed E-state index contributed by atoms with van der Waals surface area (Å²) in [6, 6.07) is 23.5. The lowest BCUT2D eigenvalue weighted by atomic mass is 10.0. The molecule has 168 valence electrons. The molecule has 0 spiro atoms. The van der Waals surface area contributed by atoms with Crippen molar-refractivity contribution in [1.29, 1.82) is 0 Å². The number of carbonyl (C=O) groups excluding carboxylic acids is 1. The van der Waals surface area contributed by atoms with Gasteiger partial charge in [-0.1, -0.05) is 54.6 Å². The first-order valence-corrected chi connectivity index (χ1v) is 11.8. The van der Waals surface area contributed by atoms with Gasteiger partial charge in [-0.05, 0) is 60.7 Å². The van der Waals surface area contributed by atoms with Gasteiger partial charge in [-0.25, -0.2) is 4.98 Å². The number of imidazole rings is 1. The van der Waals surface area contributed by atoms with E-state index in [0.717, 1.165) is 67.9 Å². The third kappa shape index (κ3) is 4.83. The summed E-state index contributed by atoms with van der Waals surface area (Å²) in [6.07, 6.45) is 2.73. The first-order valence-electron chi connectivity index (χ1n) is 11.8. The lowest BCUT2D eigenvalue weighted by molar-refractivity contribution is -0.127. The quantitative estimate of drug-likeness (QED) is 0.367. The topological polar surface area (TPSA) is 61.0 Å². The van der Waals surface area contributed by atoms with E-state index in [0.29, 0.717) is 5.91 Å². The summed E-state index contributed by atoms with van der Waals surface area (Å²) in [5.41, 5.74) is 8.04. The van der Waals surface area contributed by atoms with Gasteiger partial charge in [0.25, 0.3) is 0 Å². The van der Waals surface area contributed by atoms with E-state index in [2.05, 4.69) is 84.0 Å². The molecule has 1 amide bonds. The minimum absolute atomic E-state index is 0.309. The van der Waals surface area contributed by atoms with Gasteiger partial charge in [-0.3, -0.25) is 4.79 Å². The molecular formula is C28H30N4O. The van der Waals surface area contributed by atoms with E-state index < -0.39 is 0 Å².